The second kappa shape index (κ2) is 10.1. The number of esters is 1. The van der Waals surface area contributed by atoms with Crippen LogP contribution >= 0.6 is 11.6 Å². The normalized spacial score (nSPS) is 20.7. The van der Waals surface area contributed by atoms with Gasteiger partial charge in [0.25, 0.3) is 0 Å². The van der Waals surface area contributed by atoms with Crippen LogP contribution in [0.5, 0.6) is 5.75 Å². The van der Waals surface area contributed by atoms with Crippen molar-refractivity contribution >= 4 is 35.1 Å². The van der Waals surface area contributed by atoms with Gasteiger partial charge in [-0.15, -0.1) is 0 Å². The number of rotatable bonds is 5. The number of methoxy groups -OCH3 is 1. The van der Waals surface area contributed by atoms with Crippen LogP contribution in [0, 0.1) is 5.92 Å². The maximum atomic E-state index is 13.1. The van der Waals surface area contributed by atoms with E-state index in [9.17, 15) is 9.59 Å². The quantitative estimate of drug-likeness (QED) is 0.534. The minimum Gasteiger partial charge on any atom is -0.496 e. The highest BCUT2D eigenvalue weighted by Crippen LogP contribution is 2.36. The van der Waals surface area contributed by atoms with Crippen LogP contribution in [0.4, 0.5) is 5.69 Å². The number of carbonyl (C=O) groups is 2. The van der Waals surface area contributed by atoms with E-state index in [1.54, 1.807) is 20.1 Å². The number of benzene rings is 2. The summed E-state index contributed by atoms with van der Waals surface area (Å²) in [7, 11) is 1.56. The fraction of sp³-hybridized carbons (Fsp3) is 0.375. The lowest BCUT2D eigenvalue weighted by atomic mass is 9.90. The first-order valence-electron chi connectivity index (χ1n) is 11.0. The number of piperazine rings is 1. The number of guanidine groups is 1. The van der Waals surface area contributed by atoms with Gasteiger partial charge in [0.1, 0.15) is 11.8 Å². The van der Waals surface area contributed by atoms with Gasteiger partial charge in [0.2, 0.25) is 11.9 Å². The lowest BCUT2D eigenvalue weighted by Crippen LogP contribution is -2.57. The summed E-state index contributed by atoms with van der Waals surface area (Å²) in [6.07, 6.45) is 0. The van der Waals surface area contributed by atoms with E-state index in [-0.39, 0.29) is 6.61 Å². The lowest BCUT2D eigenvalue weighted by molar-refractivity contribution is -0.153. The predicted molar refractivity (Wildman–Crippen MR) is 127 cm³/mol. The lowest BCUT2D eigenvalue weighted by Gasteiger charge is -2.39. The van der Waals surface area contributed by atoms with Crippen molar-refractivity contribution in [2.75, 3.05) is 44.8 Å². The monoisotopic (exact) mass is 470 g/mol. The van der Waals surface area contributed by atoms with Crippen molar-refractivity contribution in [3.8, 4) is 5.75 Å². The van der Waals surface area contributed by atoms with Gasteiger partial charge in [-0.1, -0.05) is 35.9 Å². The van der Waals surface area contributed by atoms with Crippen LogP contribution in [-0.4, -0.2) is 62.6 Å². The summed E-state index contributed by atoms with van der Waals surface area (Å²) in [5, 5.41) is 3.53. The average Bonchev–Trinajstić information content (AvgIpc) is 2.83. The number of ether oxygens (including phenoxy) is 2. The standard InChI is InChI=1S/C24H27ClN4O4/c1-3-33-23(31)20-21(18-9-4-5-10-19(18)32-2)26-24(27-22(20)30)29-13-11-28(12-14-29)17-8-6-7-16(25)15-17/h4-10,15,20-21H,3,11-14H2,1-2H3,(H,26,27,30)/t20-,21-/m0/s1. The Kier molecular flexibility index (Phi) is 7.03. The number of anilines is 1. The summed E-state index contributed by atoms with van der Waals surface area (Å²) in [5.74, 6) is -1.08. The molecular formula is C24H27ClN4O4. The minimum atomic E-state index is -1.09. The number of carbonyl (C=O) groups excluding carboxylic acids is 2. The van der Waals surface area contributed by atoms with Crippen LogP contribution in [0.2, 0.25) is 5.02 Å². The maximum Gasteiger partial charge on any atom is 0.321 e. The highest BCUT2D eigenvalue weighted by atomic mass is 35.5. The van der Waals surface area contributed by atoms with Crippen LogP contribution in [0.25, 0.3) is 0 Å². The fourth-order valence-electron chi connectivity index (χ4n) is 4.21. The van der Waals surface area contributed by atoms with Crippen molar-refractivity contribution in [2.24, 2.45) is 10.9 Å². The fourth-order valence-corrected chi connectivity index (χ4v) is 4.39. The molecule has 2 aliphatic rings. The first-order valence-corrected chi connectivity index (χ1v) is 11.3. The maximum absolute atomic E-state index is 13.1. The molecule has 9 heteroatoms. The van der Waals surface area contributed by atoms with Crippen LogP contribution < -0.4 is 15.0 Å². The molecule has 4 rings (SSSR count). The van der Waals surface area contributed by atoms with Gasteiger partial charge in [-0.3, -0.25) is 14.9 Å². The molecule has 2 aliphatic heterocycles. The molecule has 0 spiro atoms. The van der Waals surface area contributed by atoms with E-state index in [0.717, 1.165) is 18.8 Å². The Morgan fingerprint density at radius 3 is 2.55 bits per heavy atom. The summed E-state index contributed by atoms with van der Waals surface area (Å²) in [6.45, 7) is 4.71. The third kappa shape index (κ3) is 4.90. The molecule has 0 aromatic heterocycles. The summed E-state index contributed by atoms with van der Waals surface area (Å²) < 4.78 is 10.7. The van der Waals surface area contributed by atoms with Crippen molar-refractivity contribution in [2.45, 2.75) is 13.0 Å². The van der Waals surface area contributed by atoms with E-state index in [1.807, 2.05) is 47.4 Å². The summed E-state index contributed by atoms with van der Waals surface area (Å²) in [6, 6.07) is 14.3. The van der Waals surface area contributed by atoms with Crippen molar-refractivity contribution < 1.29 is 19.1 Å². The Bertz CT molecular complexity index is 1050. The summed E-state index contributed by atoms with van der Waals surface area (Å²) >= 11 is 6.14. The van der Waals surface area contributed by atoms with Gasteiger partial charge in [0.15, 0.2) is 5.92 Å². The molecule has 2 aromatic rings. The summed E-state index contributed by atoms with van der Waals surface area (Å²) in [5.41, 5.74) is 1.73. The third-order valence-corrected chi connectivity index (χ3v) is 6.08. The SMILES string of the molecule is CCOC(=O)[C@@H]1C(=O)NC(N2CCN(c3cccc(Cl)c3)CC2)=N[C@H]1c1ccccc1OC. The third-order valence-electron chi connectivity index (χ3n) is 5.85. The van der Waals surface area contributed by atoms with E-state index < -0.39 is 23.8 Å². The molecule has 2 aromatic carbocycles. The molecule has 0 radical (unpaired) electrons. The highest BCUT2D eigenvalue weighted by Gasteiger charge is 2.43. The Balaban J connectivity index is 1.59. The molecule has 2 heterocycles. The Morgan fingerprint density at radius 2 is 1.85 bits per heavy atom. The number of aliphatic imine (C=N–C) groups is 1. The number of nitrogens with zero attached hydrogens (tertiary/aromatic N) is 3. The van der Waals surface area contributed by atoms with Crippen molar-refractivity contribution in [3.05, 3.63) is 59.1 Å². The van der Waals surface area contributed by atoms with E-state index in [4.69, 9.17) is 26.1 Å². The van der Waals surface area contributed by atoms with Gasteiger partial charge >= 0.3 is 5.97 Å². The van der Waals surface area contributed by atoms with Crippen LogP contribution in [0.3, 0.4) is 0 Å². The topological polar surface area (TPSA) is 83.5 Å². The van der Waals surface area contributed by atoms with Crippen LogP contribution in [0.15, 0.2) is 53.5 Å². The second-order valence-electron chi connectivity index (χ2n) is 7.81. The van der Waals surface area contributed by atoms with Crippen molar-refractivity contribution in [3.63, 3.8) is 0 Å². The molecular weight excluding hydrogens is 444 g/mol. The Morgan fingerprint density at radius 1 is 1.12 bits per heavy atom. The molecule has 1 amide bonds. The van der Waals surface area contributed by atoms with Crippen molar-refractivity contribution in [1.82, 2.24) is 10.2 Å². The highest BCUT2D eigenvalue weighted by molar-refractivity contribution is 6.30. The van der Waals surface area contributed by atoms with E-state index in [2.05, 4.69) is 10.2 Å². The smallest absolute Gasteiger partial charge is 0.321 e. The van der Waals surface area contributed by atoms with E-state index >= 15 is 0 Å². The molecule has 33 heavy (non-hydrogen) atoms. The zero-order chi connectivity index (χ0) is 23.4. The molecule has 1 N–H and O–H groups in total. The number of para-hydroxylation sites is 1. The Labute approximate surface area is 198 Å². The molecule has 0 unspecified atom stereocenters. The molecule has 2 atom stereocenters. The molecule has 1 saturated heterocycles. The molecule has 174 valence electrons. The molecule has 8 nitrogen and oxygen atoms in total. The number of hydrogen-bond acceptors (Lipinski definition) is 7. The minimum absolute atomic E-state index is 0.184. The van der Waals surface area contributed by atoms with E-state index in [1.165, 1.54) is 0 Å². The van der Waals surface area contributed by atoms with Gasteiger partial charge in [0.05, 0.1) is 13.7 Å². The van der Waals surface area contributed by atoms with Gasteiger partial charge < -0.3 is 19.3 Å². The second-order valence-corrected chi connectivity index (χ2v) is 8.25. The number of amides is 1. The molecule has 0 bridgehead atoms. The van der Waals surface area contributed by atoms with Crippen LogP contribution in [-0.2, 0) is 14.3 Å². The Hall–Kier alpha value is -3.26. The van der Waals surface area contributed by atoms with Gasteiger partial charge in [0, 0.05) is 42.5 Å². The summed E-state index contributed by atoms with van der Waals surface area (Å²) in [4.78, 5) is 34.9. The number of halogens is 1. The number of hydrogen-bond donors (Lipinski definition) is 1. The van der Waals surface area contributed by atoms with Crippen molar-refractivity contribution in [1.29, 1.82) is 0 Å². The van der Waals surface area contributed by atoms with Gasteiger partial charge in [-0.25, -0.2) is 4.99 Å². The van der Waals surface area contributed by atoms with Gasteiger partial charge in [-0.05, 0) is 31.2 Å². The first-order chi connectivity index (χ1) is 16.0. The largest absolute Gasteiger partial charge is 0.496 e. The average molecular weight is 471 g/mol. The molecule has 0 saturated carbocycles. The molecule has 1 fully saturated rings. The van der Waals surface area contributed by atoms with E-state index in [0.29, 0.717) is 35.4 Å². The zero-order valence-corrected chi connectivity index (χ0v) is 19.4. The molecule has 0 aliphatic carbocycles. The predicted octanol–water partition coefficient (Wildman–Crippen LogP) is 2.88. The zero-order valence-electron chi connectivity index (χ0n) is 18.7. The number of nitrogens with one attached hydrogen (secondary N) is 1. The van der Waals surface area contributed by atoms with Gasteiger partial charge in [-0.2, -0.15) is 0 Å². The van der Waals surface area contributed by atoms with Crippen LogP contribution in [0.1, 0.15) is 18.5 Å². The first kappa shape index (κ1) is 22.9.